The average molecular weight is 220 g/mol. The molecule has 0 aliphatic heterocycles. The molecular formula is C8H16N2O5. The van der Waals surface area contributed by atoms with Crippen LogP contribution in [0.1, 0.15) is 6.42 Å². The van der Waals surface area contributed by atoms with Crippen LogP contribution in [-0.2, 0) is 14.3 Å². The summed E-state index contributed by atoms with van der Waals surface area (Å²) < 4.78 is 4.82. The Morgan fingerprint density at radius 3 is 2.67 bits per heavy atom. The highest BCUT2D eigenvalue weighted by Gasteiger charge is 2.07. The summed E-state index contributed by atoms with van der Waals surface area (Å²) >= 11 is 0. The van der Waals surface area contributed by atoms with Crippen molar-refractivity contribution in [2.75, 3.05) is 26.3 Å². The van der Waals surface area contributed by atoms with E-state index in [0.717, 1.165) is 0 Å². The van der Waals surface area contributed by atoms with Gasteiger partial charge in [0.2, 0.25) is 5.91 Å². The lowest BCUT2D eigenvalue weighted by Crippen LogP contribution is -2.31. The van der Waals surface area contributed by atoms with Gasteiger partial charge >= 0.3 is 5.97 Å². The van der Waals surface area contributed by atoms with Crippen LogP contribution in [0.3, 0.4) is 0 Å². The summed E-state index contributed by atoms with van der Waals surface area (Å²) in [5, 5.41) is 20.2. The second-order valence-corrected chi connectivity index (χ2v) is 2.97. The van der Waals surface area contributed by atoms with Crippen molar-refractivity contribution in [3.05, 3.63) is 0 Å². The van der Waals surface area contributed by atoms with E-state index in [1.165, 1.54) is 0 Å². The lowest BCUT2D eigenvalue weighted by Gasteiger charge is -2.09. The van der Waals surface area contributed by atoms with E-state index in [0.29, 0.717) is 6.54 Å². The zero-order valence-corrected chi connectivity index (χ0v) is 8.31. The monoisotopic (exact) mass is 220 g/mol. The van der Waals surface area contributed by atoms with Crippen LogP contribution in [0.4, 0.5) is 0 Å². The normalized spacial score (nSPS) is 12.3. The number of aliphatic hydroxyl groups is 1. The van der Waals surface area contributed by atoms with Gasteiger partial charge in [-0.25, -0.2) is 0 Å². The van der Waals surface area contributed by atoms with E-state index in [2.05, 4.69) is 5.32 Å². The van der Waals surface area contributed by atoms with Gasteiger partial charge in [0.05, 0.1) is 19.1 Å². The van der Waals surface area contributed by atoms with Gasteiger partial charge in [-0.1, -0.05) is 0 Å². The van der Waals surface area contributed by atoms with Crippen LogP contribution < -0.4 is 11.1 Å². The van der Waals surface area contributed by atoms with E-state index in [4.69, 9.17) is 20.7 Å². The first-order valence-corrected chi connectivity index (χ1v) is 4.49. The molecule has 0 spiro atoms. The Balaban J connectivity index is 3.23. The van der Waals surface area contributed by atoms with Gasteiger partial charge in [-0.3, -0.25) is 9.59 Å². The fraction of sp³-hybridized carbons (Fsp3) is 0.750. The number of nitrogens with two attached hydrogens (primary N) is 1. The number of rotatable bonds is 9. The van der Waals surface area contributed by atoms with Gasteiger partial charge in [0.25, 0.3) is 0 Å². The average Bonchev–Trinajstić information content (AvgIpc) is 2.09. The summed E-state index contributed by atoms with van der Waals surface area (Å²) in [7, 11) is 0. The Morgan fingerprint density at radius 1 is 1.47 bits per heavy atom. The maximum atomic E-state index is 10.2. The van der Waals surface area contributed by atoms with Gasteiger partial charge < -0.3 is 26.0 Å². The maximum absolute atomic E-state index is 10.2. The van der Waals surface area contributed by atoms with Crippen molar-refractivity contribution in [1.82, 2.24) is 5.32 Å². The number of aliphatic carboxylic acids is 1. The fourth-order valence-electron chi connectivity index (χ4n) is 0.860. The fourth-order valence-corrected chi connectivity index (χ4v) is 0.860. The molecule has 0 heterocycles. The number of carboxylic acids is 1. The molecule has 0 fully saturated rings. The van der Waals surface area contributed by atoms with Crippen molar-refractivity contribution < 1.29 is 24.5 Å². The van der Waals surface area contributed by atoms with Gasteiger partial charge in [-0.05, 0) is 0 Å². The Labute approximate surface area is 87.2 Å². The van der Waals surface area contributed by atoms with E-state index in [1.807, 2.05) is 0 Å². The molecule has 15 heavy (non-hydrogen) atoms. The SMILES string of the molecule is NC(=O)COCCNCC(O)CC(=O)O. The molecule has 0 aliphatic carbocycles. The number of carboxylic acid groups (broad SMARTS) is 1. The molecule has 5 N–H and O–H groups in total. The number of ether oxygens (including phenoxy) is 1. The number of carbonyl (C=O) groups excluding carboxylic acids is 1. The Bertz CT molecular complexity index is 209. The van der Waals surface area contributed by atoms with Gasteiger partial charge in [0.15, 0.2) is 0 Å². The molecule has 88 valence electrons. The predicted molar refractivity (Wildman–Crippen MR) is 51.1 cm³/mol. The molecule has 0 rings (SSSR count). The zero-order valence-electron chi connectivity index (χ0n) is 8.31. The predicted octanol–water partition coefficient (Wildman–Crippen LogP) is -2.09. The maximum Gasteiger partial charge on any atom is 0.306 e. The number of hydrogen-bond donors (Lipinski definition) is 4. The number of aliphatic hydroxyl groups excluding tert-OH is 1. The highest BCUT2D eigenvalue weighted by molar-refractivity contribution is 5.74. The molecule has 1 amide bonds. The minimum absolute atomic E-state index is 0.140. The second kappa shape index (κ2) is 8.16. The van der Waals surface area contributed by atoms with E-state index < -0.39 is 18.0 Å². The molecule has 0 radical (unpaired) electrons. The van der Waals surface area contributed by atoms with E-state index >= 15 is 0 Å². The topological polar surface area (TPSA) is 122 Å². The molecule has 0 aromatic rings. The number of primary amides is 1. The molecule has 1 unspecified atom stereocenters. The summed E-state index contributed by atoms with van der Waals surface area (Å²) in [4.78, 5) is 20.4. The molecular weight excluding hydrogens is 204 g/mol. The first kappa shape index (κ1) is 13.8. The van der Waals surface area contributed by atoms with Gasteiger partial charge in [-0.15, -0.1) is 0 Å². The molecule has 1 atom stereocenters. The third kappa shape index (κ3) is 10.7. The van der Waals surface area contributed by atoms with Crippen molar-refractivity contribution in [3.63, 3.8) is 0 Å². The van der Waals surface area contributed by atoms with Crippen LogP contribution in [0, 0.1) is 0 Å². The second-order valence-electron chi connectivity index (χ2n) is 2.97. The third-order valence-electron chi connectivity index (χ3n) is 1.46. The first-order valence-electron chi connectivity index (χ1n) is 4.49. The Kier molecular flexibility index (Phi) is 7.51. The van der Waals surface area contributed by atoms with Crippen LogP contribution >= 0.6 is 0 Å². The lowest BCUT2D eigenvalue weighted by molar-refractivity contribution is -0.139. The smallest absolute Gasteiger partial charge is 0.306 e. The van der Waals surface area contributed by atoms with Crippen LogP contribution in [0.15, 0.2) is 0 Å². The lowest BCUT2D eigenvalue weighted by atomic mass is 10.2. The summed E-state index contributed by atoms with van der Waals surface area (Å²) in [6.45, 7) is 0.734. The zero-order chi connectivity index (χ0) is 11.7. The molecule has 7 nitrogen and oxygen atoms in total. The summed E-state index contributed by atoms with van der Waals surface area (Å²) in [6, 6.07) is 0. The Hall–Kier alpha value is -1.18. The summed E-state index contributed by atoms with van der Waals surface area (Å²) in [5.41, 5.74) is 4.82. The van der Waals surface area contributed by atoms with Crippen molar-refractivity contribution in [2.45, 2.75) is 12.5 Å². The number of amides is 1. The molecule has 0 aromatic carbocycles. The van der Waals surface area contributed by atoms with E-state index in [-0.39, 0.29) is 26.2 Å². The number of hydrogen-bond acceptors (Lipinski definition) is 5. The minimum Gasteiger partial charge on any atom is -0.481 e. The highest BCUT2D eigenvalue weighted by Crippen LogP contribution is 1.88. The summed E-state index contributed by atoms with van der Waals surface area (Å²) in [6.07, 6.45) is -1.21. The van der Waals surface area contributed by atoms with Crippen LogP contribution in [-0.4, -0.2) is 54.5 Å². The molecule has 0 saturated carbocycles. The van der Waals surface area contributed by atoms with E-state index in [1.54, 1.807) is 0 Å². The van der Waals surface area contributed by atoms with Crippen LogP contribution in [0.5, 0.6) is 0 Å². The third-order valence-corrected chi connectivity index (χ3v) is 1.46. The van der Waals surface area contributed by atoms with Crippen LogP contribution in [0.25, 0.3) is 0 Å². The number of nitrogens with one attached hydrogen (secondary N) is 1. The van der Waals surface area contributed by atoms with Crippen molar-refractivity contribution in [3.8, 4) is 0 Å². The minimum atomic E-state index is -1.05. The molecule has 7 heteroatoms. The van der Waals surface area contributed by atoms with Gasteiger partial charge in [0.1, 0.15) is 6.61 Å². The molecule has 0 saturated heterocycles. The van der Waals surface area contributed by atoms with Crippen molar-refractivity contribution in [1.29, 1.82) is 0 Å². The van der Waals surface area contributed by atoms with E-state index in [9.17, 15) is 9.59 Å². The largest absolute Gasteiger partial charge is 0.481 e. The highest BCUT2D eigenvalue weighted by atomic mass is 16.5. The van der Waals surface area contributed by atoms with Crippen molar-refractivity contribution in [2.24, 2.45) is 5.73 Å². The molecule has 0 aliphatic rings. The van der Waals surface area contributed by atoms with Gasteiger partial charge in [-0.2, -0.15) is 0 Å². The first-order chi connectivity index (χ1) is 7.02. The van der Waals surface area contributed by atoms with Crippen LogP contribution in [0.2, 0.25) is 0 Å². The van der Waals surface area contributed by atoms with Gasteiger partial charge in [0, 0.05) is 13.1 Å². The standard InChI is InChI=1S/C8H16N2O5/c9-7(12)5-15-2-1-10-4-6(11)3-8(13)14/h6,10-11H,1-5H2,(H2,9,12)(H,13,14). The quantitative estimate of drug-likeness (QED) is 0.331. The number of carbonyl (C=O) groups is 2. The molecule has 0 aromatic heterocycles. The molecule has 0 bridgehead atoms. The summed E-state index contributed by atoms with van der Waals surface area (Å²) in [5.74, 6) is -1.59. The van der Waals surface area contributed by atoms with Crippen molar-refractivity contribution >= 4 is 11.9 Å². The Morgan fingerprint density at radius 2 is 2.13 bits per heavy atom.